The summed E-state index contributed by atoms with van der Waals surface area (Å²) in [6, 6.07) is 1.64. The summed E-state index contributed by atoms with van der Waals surface area (Å²) in [5.74, 6) is 1.70. The average Bonchev–Trinajstić information content (AvgIpc) is 3.23. The number of ether oxygens (including phenoxy) is 2. The molecule has 7 heteroatoms. The van der Waals surface area contributed by atoms with Crippen molar-refractivity contribution in [3.8, 4) is 5.75 Å². The van der Waals surface area contributed by atoms with Crippen molar-refractivity contribution < 1.29 is 14.3 Å². The van der Waals surface area contributed by atoms with Crippen molar-refractivity contribution in [2.75, 3.05) is 51.7 Å². The molecule has 0 aliphatic carbocycles. The first-order valence-corrected chi connectivity index (χ1v) is 10.8. The molecule has 28 heavy (non-hydrogen) atoms. The summed E-state index contributed by atoms with van der Waals surface area (Å²) in [5, 5.41) is 3.53. The number of nitrogens with zero attached hydrogens (tertiary/aromatic N) is 1. The van der Waals surface area contributed by atoms with Crippen LogP contribution in [0.4, 0.5) is 5.69 Å². The molecule has 3 aliphatic heterocycles. The molecule has 1 aromatic carbocycles. The van der Waals surface area contributed by atoms with Gasteiger partial charge in [-0.3, -0.25) is 4.79 Å². The third-order valence-corrected chi connectivity index (χ3v) is 6.55. The third-order valence-electron chi connectivity index (χ3n) is 6.23. The molecule has 1 unspecified atom stereocenters. The number of nitrogens with one attached hydrogen (secondary N) is 1. The number of anilines is 1. The predicted octanol–water partition coefficient (Wildman–Crippen LogP) is 2.73. The lowest BCUT2D eigenvalue weighted by Gasteiger charge is -2.33. The van der Waals surface area contributed by atoms with E-state index in [2.05, 4.69) is 10.2 Å². The van der Waals surface area contributed by atoms with Gasteiger partial charge in [-0.1, -0.05) is 11.6 Å². The number of piperidine rings is 1. The SMILES string of the molecule is Nc1c(Cl)cc(C(=O)NCC2CCN(CC3CCOC3)CC2)c2c1CCCO2. The molecule has 2 saturated heterocycles. The summed E-state index contributed by atoms with van der Waals surface area (Å²) >= 11 is 6.25. The molecule has 1 atom stereocenters. The van der Waals surface area contributed by atoms with Crippen LogP contribution in [0.1, 0.15) is 41.6 Å². The molecule has 0 radical (unpaired) electrons. The minimum atomic E-state index is -0.120. The van der Waals surface area contributed by atoms with Crippen molar-refractivity contribution in [3.63, 3.8) is 0 Å². The normalized spacial score (nSPS) is 23.2. The Morgan fingerprint density at radius 1 is 1.25 bits per heavy atom. The van der Waals surface area contributed by atoms with Gasteiger partial charge in [0.25, 0.3) is 5.91 Å². The van der Waals surface area contributed by atoms with Crippen LogP contribution < -0.4 is 15.8 Å². The highest BCUT2D eigenvalue weighted by molar-refractivity contribution is 6.33. The lowest BCUT2D eigenvalue weighted by Crippen LogP contribution is -2.40. The van der Waals surface area contributed by atoms with E-state index in [1.807, 2.05) is 0 Å². The number of hydrogen-bond donors (Lipinski definition) is 2. The van der Waals surface area contributed by atoms with Crippen LogP contribution in [0, 0.1) is 11.8 Å². The van der Waals surface area contributed by atoms with Gasteiger partial charge in [0.2, 0.25) is 0 Å². The van der Waals surface area contributed by atoms with E-state index in [9.17, 15) is 4.79 Å². The second-order valence-electron chi connectivity index (χ2n) is 8.26. The molecular formula is C21H30ClN3O3. The second-order valence-corrected chi connectivity index (χ2v) is 8.67. The summed E-state index contributed by atoms with van der Waals surface area (Å²) < 4.78 is 11.2. The monoisotopic (exact) mass is 407 g/mol. The van der Waals surface area contributed by atoms with E-state index in [0.717, 1.165) is 64.1 Å². The van der Waals surface area contributed by atoms with Gasteiger partial charge in [-0.25, -0.2) is 0 Å². The molecule has 6 nitrogen and oxygen atoms in total. The van der Waals surface area contributed by atoms with Gasteiger partial charge >= 0.3 is 0 Å². The molecule has 0 spiro atoms. The smallest absolute Gasteiger partial charge is 0.255 e. The van der Waals surface area contributed by atoms with Gasteiger partial charge < -0.3 is 25.4 Å². The van der Waals surface area contributed by atoms with E-state index < -0.39 is 0 Å². The number of fused-ring (bicyclic) bond motifs is 1. The zero-order valence-corrected chi connectivity index (χ0v) is 17.1. The van der Waals surface area contributed by atoms with Gasteiger partial charge in [-0.05, 0) is 63.1 Å². The van der Waals surface area contributed by atoms with Gasteiger partial charge in [0.05, 0.1) is 29.5 Å². The average molecular weight is 408 g/mol. The Hall–Kier alpha value is -1.50. The zero-order valence-electron chi connectivity index (χ0n) is 16.3. The van der Waals surface area contributed by atoms with E-state index >= 15 is 0 Å². The molecule has 4 rings (SSSR count). The molecule has 3 aliphatic rings. The number of likely N-dealkylation sites (tertiary alicyclic amines) is 1. The summed E-state index contributed by atoms with van der Waals surface area (Å²) in [7, 11) is 0. The van der Waals surface area contributed by atoms with E-state index in [-0.39, 0.29) is 5.91 Å². The number of carbonyl (C=O) groups excluding carboxylic acids is 1. The lowest BCUT2D eigenvalue weighted by molar-refractivity contribution is 0.0926. The zero-order chi connectivity index (χ0) is 19.5. The molecule has 3 heterocycles. The summed E-state index contributed by atoms with van der Waals surface area (Å²) in [5.41, 5.74) is 7.99. The fourth-order valence-corrected chi connectivity index (χ4v) is 4.72. The van der Waals surface area contributed by atoms with Crippen molar-refractivity contribution in [2.45, 2.75) is 32.1 Å². The minimum Gasteiger partial charge on any atom is -0.492 e. The highest BCUT2D eigenvalue weighted by Gasteiger charge is 2.26. The van der Waals surface area contributed by atoms with Crippen LogP contribution in [0.3, 0.4) is 0 Å². The van der Waals surface area contributed by atoms with Gasteiger partial charge in [0.1, 0.15) is 5.75 Å². The summed E-state index contributed by atoms with van der Waals surface area (Å²) in [4.78, 5) is 15.3. The lowest BCUT2D eigenvalue weighted by atomic mass is 9.95. The Morgan fingerprint density at radius 2 is 2.07 bits per heavy atom. The Morgan fingerprint density at radius 3 is 2.82 bits per heavy atom. The first kappa shape index (κ1) is 19.8. The second kappa shape index (κ2) is 8.89. The number of amides is 1. The molecule has 1 amide bonds. The van der Waals surface area contributed by atoms with Gasteiger partial charge in [0.15, 0.2) is 0 Å². The van der Waals surface area contributed by atoms with Crippen molar-refractivity contribution in [2.24, 2.45) is 11.8 Å². The van der Waals surface area contributed by atoms with E-state index in [0.29, 0.717) is 47.0 Å². The van der Waals surface area contributed by atoms with Crippen LogP contribution >= 0.6 is 11.6 Å². The maximum atomic E-state index is 12.8. The fraction of sp³-hybridized carbons (Fsp3) is 0.667. The van der Waals surface area contributed by atoms with Crippen LogP contribution in [0.2, 0.25) is 5.02 Å². The highest BCUT2D eigenvalue weighted by Crippen LogP contribution is 2.38. The third kappa shape index (κ3) is 4.39. The number of hydrogen-bond acceptors (Lipinski definition) is 5. The van der Waals surface area contributed by atoms with Gasteiger partial charge in [0, 0.05) is 25.3 Å². The maximum Gasteiger partial charge on any atom is 0.255 e. The topological polar surface area (TPSA) is 76.8 Å². The van der Waals surface area contributed by atoms with Crippen LogP contribution in [0.15, 0.2) is 6.07 Å². The predicted molar refractivity (Wildman–Crippen MR) is 110 cm³/mol. The number of benzene rings is 1. The van der Waals surface area contributed by atoms with Crippen LogP contribution in [-0.2, 0) is 11.2 Å². The molecule has 154 valence electrons. The number of nitrogen functional groups attached to an aromatic ring is 1. The Labute approximate surface area is 171 Å². The Bertz CT molecular complexity index is 713. The standard InChI is InChI=1S/C21H30ClN3O3/c22-18-10-17(20-16(19(18)23)2-1-8-28-20)21(26)24-11-14-3-6-25(7-4-14)12-15-5-9-27-13-15/h10,14-15H,1-9,11-13,23H2,(H,24,26). The Kier molecular flexibility index (Phi) is 6.28. The van der Waals surface area contributed by atoms with E-state index in [1.54, 1.807) is 6.07 Å². The maximum absolute atomic E-state index is 12.8. The van der Waals surface area contributed by atoms with Gasteiger partial charge in [-0.15, -0.1) is 0 Å². The summed E-state index contributed by atoms with van der Waals surface area (Å²) in [6.07, 6.45) is 5.11. The molecular weight excluding hydrogens is 378 g/mol. The molecule has 2 fully saturated rings. The van der Waals surface area contributed by atoms with Crippen LogP contribution in [0.25, 0.3) is 0 Å². The van der Waals surface area contributed by atoms with Crippen LogP contribution in [0.5, 0.6) is 5.75 Å². The summed E-state index contributed by atoms with van der Waals surface area (Å²) in [6.45, 7) is 6.47. The largest absolute Gasteiger partial charge is 0.492 e. The number of nitrogens with two attached hydrogens (primary N) is 1. The van der Waals surface area contributed by atoms with Crippen molar-refractivity contribution in [3.05, 3.63) is 22.2 Å². The number of halogens is 1. The molecule has 0 aromatic heterocycles. The Balaban J connectivity index is 1.30. The van der Waals surface area contributed by atoms with Crippen molar-refractivity contribution in [1.82, 2.24) is 10.2 Å². The molecule has 0 bridgehead atoms. The minimum absolute atomic E-state index is 0.120. The number of carbonyl (C=O) groups is 1. The van der Waals surface area contributed by atoms with Crippen molar-refractivity contribution in [1.29, 1.82) is 0 Å². The fourth-order valence-electron chi connectivity index (χ4n) is 4.50. The molecule has 3 N–H and O–H groups in total. The first-order chi connectivity index (χ1) is 13.6. The quantitative estimate of drug-likeness (QED) is 0.734. The van der Waals surface area contributed by atoms with Crippen molar-refractivity contribution >= 4 is 23.2 Å². The highest BCUT2D eigenvalue weighted by atomic mass is 35.5. The molecule has 0 saturated carbocycles. The van der Waals surface area contributed by atoms with E-state index in [1.165, 1.54) is 6.42 Å². The van der Waals surface area contributed by atoms with Gasteiger partial charge in [-0.2, -0.15) is 0 Å². The number of rotatable bonds is 5. The van der Waals surface area contributed by atoms with Crippen LogP contribution in [-0.4, -0.2) is 56.8 Å². The molecule has 1 aromatic rings. The first-order valence-electron chi connectivity index (χ1n) is 10.4. The van der Waals surface area contributed by atoms with E-state index in [4.69, 9.17) is 26.8 Å².